The molecule has 0 aliphatic carbocycles. The molecular weight excluding hydrogens is 228 g/mol. The Morgan fingerprint density at radius 3 is 2.78 bits per heavy atom. The summed E-state index contributed by atoms with van der Waals surface area (Å²) in [4.78, 5) is 26.6. The molecule has 2 rings (SSSR count). The summed E-state index contributed by atoms with van der Waals surface area (Å²) >= 11 is 0. The molecule has 1 aliphatic heterocycles. The quantitative estimate of drug-likeness (QED) is 0.417. The number of amides is 1. The molecule has 0 bridgehead atoms. The van der Waals surface area contributed by atoms with E-state index >= 15 is 0 Å². The third kappa shape index (κ3) is 2.21. The summed E-state index contributed by atoms with van der Waals surface area (Å²) in [5.41, 5.74) is 2.29. The molecule has 4 nitrogen and oxygen atoms in total. The molecule has 1 aliphatic rings. The molecule has 1 amide bonds. The van der Waals surface area contributed by atoms with Crippen molar-refractivity contribution in [2.45, 2.75) is 6.42 Å². The first-order valence-corrected chi connectivity index (χ1v) is 5.62. The summed E-state index contributed by atoms with van der Waals surface area (Å²) in [5, 5.41) is 0. The summed E-state index contributed by atoms with van der Waals surface area (Å²) in [6, 6.07) is 7.94. The van der Waals surface area contributed by atoms with Crippen LogP contribution >= 0.6 is 0 Å². The highest BCUT2D eigenvalue weighted by atomic mass is 16.2. The summed E-state index contributed by atoms with van der Waals surface area (Å²) < 4.78 is 0. The third-order valence-corrected chi connectivity index (χ3v) is 2.81. The first-order valence-electron chi connectivity index (χ1n) is 5.62. The van der Waals surface area contributed by atoms with Gasteiger partial charge in [-0.3, -0.25) is 9.59 Å². The van der Waals surface area contributed by atoms with Crippen molar-refractivity contribution in [3.05, 3.63) is 29.3 Å². The van der Waals surface area contributed by atoms with Crippen molar-refractivity contribution in [2.75, 3.05) is 26.0 Å². The molecule has 4 heteroatoms. The zero-order valence-electron chi connectivity index (χ0n) is 10.7. The maximum Gasteiger partial charge on any atom is 0.237 e. The maximum atomic E-state index is 11.8. The largest absolute Gasteiger partial charge is 0.338 e. The molecule has 18 heavy (non-hydrogen) atoms. The molecular formula is C14H14N2O2. The van der Waals surface area contributed by atoms with E-state index in [0.717, 1.165) is 11.3 Å². The van der Waals surface area contributed by atoms with Crippen molar-refractivity contribution in [1.29, 1.82) is 0 Å². The highest BCUT2D eigenvalue weighted by Crippen LogP contribution is 2.28. The van der Waals surface area contributed by atoms with E-state index in [1.165, 1.54) is 0 Å². The highest BCUT2D eigenvalue weighted by molar-refractivity contribution is 6.10. The van der Waals surface area contributed by atoms with Crippen LogP contribution in [-0.2, 0) is 11.2 Å². The van der Waals surface area contributed by atoms with Gasteiger partial charge >= 0.3 is 0 Å². The number of carbonyl (C=O) groups is 2. The molecule has 0 unspecified atom stereocenters. The zero-order chi connectivity index (χ0) is 13.3. The van der Waals surface area contributed by atoms with Crippen LogP contribution in [0, 0.1) is 12.0 Å². The van der Waals surface area contributed by atoms with Crippen LogP contribution in [0.25, 0.3) is 0 Å². The summed E-state index contributed by atoms with van der Waals surface area (Å²) in [7, 11) is 5.29. The smallest absolute Gasteiger partial charge is 0.237 e. The van der Waals surface area contributed by atoms with Gasteiger partial charge in [0.1, 0.15) is 0 Å². The van der Waals surface area contributed by atoms with Crippen LogP contribution < -0.4 is 4.90 Å². The maximum absolute atomic E-state index is 11.8. The van der Waals surface area contributed by atoms with Gasteiger partial charge in [0.2, 0.25) is 11.7 Å². The number of nitrogens with zero attached hydrogens (tertiary/aromatic N) is 2. The molecule has 0 N–H and O–H groups in total. The van der Waals surface area contributed by atoms with Gasteiger partial charge in [0, 0.05) is 38.4 Å². The Hall–Kier alpha value is -2.28. The Morgan fingerprint density at radius 2 is 2.11 bits per heavy atom. The Labute approximate surface area is 106 Å². The molecule has 1 heterocycles. The van der Waals surface area contributed by atoms with E-state index < -0.39 is 0 Å². The lowest BCUT2D eigenvalue weighted by Crippen LogP contribution is -2.20. The van der Waals surface area contributed by atoms with Crippen LogP contribution in [0.1, 0.15) is 15.9 Å². The highest BCUT2D eigenvalue weighted by Gasteiger charge is 2.24. The Balaban J connectivity index is 2.30. The van der Waals surface area contributed by atoms with E-state index in [1.54, 1.807) is 49.1 Å². The van der Waals surface area contributed by atoms with Crippen molar-refractivity contribution in [1.82, 2.24) is 4.90 Å². The minimum Gasteiger partial charge on any atom is -0.338 e. The third-order valence-electron chi connectivity index (χ3n) is 2.81. The first kappa shape index (κ1) is 12.2. The number of hydrogen-bond donors (Lipinski definition) is 0. The van der Waals surface area contributed by atoms with Crippen LogP contribution in [-0.4, -0.2) is 37.7 Å². The molecule has 0 atom stereocenters. The topological polar surface area (TPSA) is 40.6 Å². The lowest BCUT2D eigenvalue weighted by molar-refractivity contribution is -0.117. The molecule has 0 fully saturated rings. The van der Waals surface area contributed by atoms with E-state index in [4.69, 9.17) is 0 Å². The van der Waals surface area contributed by atoms with Gasteiger partial charge in [-0.2, -0.15) is 0 Å². The van der Waals surface area contributed by atoms with Crippen LogP contribution in [0.4, 0.5) is 5.69 Å². The van der Waals surface area contributed by atoms with Gasteiger partial charge in [-0.1, -0.05) is 0 Å². The van der Waals surface area contributed by atoms with Crippen molar-refractivity contribution >= 4 is 17.4 Å². The molecule has 0 spiro atoms. The van der Waals surface area contributed by atoms with Crippen LogP contribution in [0.5, 0.6) is 0 Å². The van der Waals surface area contributed by atoms with Crippen molar-refractivity contribution in [3.63, 3.8) is 0 Å². The average molecular weight is 242 g/mol. The minimum atomic E-state index is -0.228. The van der Waals surface area contributed by atoms with Crippen LogP contribution in [0.3, 0.4) is 0 Å². The number of hydrogen-bond acceptors (Lipinski definition) is 3. The fourth-order valence-corrected chi connectivity index (χ4v) is 1.85. The molecule has 1 aromatic carbocycles. The minimum absolute atomic E-state index is 0.0500. The SMILES string of the molecule is CN(C)C#CC(=O)c1ccc2c(c1)CC(=O)N2C. The van der Waals surface area contributed by atoms with Gasteiger partial charge in [0.25, 0.3) is 0 Å². The van der Waals surface area contributed by atoms with Crippen LogP contribution in [0.15, 0.2) is 18.2 Å². The van der Waals surface area contributed by atoms with Crippen molar-refractivity contribution in [2.24, 2.45) is 0 Å². The predicted molar refractivity (Wildman–Crippen MR) is 69.3 cm³/mol. The molecule has 0 saturated carbocycles. The zero-order valence-corrected chi connectivity index (χ0v) is 10.7. The van der Waals surface area contributed by atoms with E-state index in [-0.39, 0.29) is 11.7 Å². The predicted octanol–water partition coefficient (Wildman–Crippen LogP) is 0.911. The Kier molecular flexibility index (Phi) is 3.07. The van der Waals surface area contributed by atoms with E-state index in [1.807, 2.05) is 0 Å². The lowest BCUT2D eigenvalue weighted by atomic mass is 10.1. The number of benzene rings is 1. The van der Waals surface area contributed by atoms with Gasteiger partial charge < -0.3 is 9.80 Å². The van der Waals surface area contributed by atoms with Gasteiger partial charge in [-0.15, -0.1) is 0 Å². The number of fused-ring (bicyclic) bond motifs is 1. The lowest BCUT2D eigenvalue weighted by Gasteiger charge is -2.09. The van der Waals surface area contributed by atoms with Crippen molar-refractivity contribution < 1.29 is 9.59 Å². The number of Topliss-reactive ketones (excluding diaryl/α,β-unsaturated/α-hetero) is 1. The molecule has 92 valence electrons. The second kappa shape index (κ2) is 4.53. The van der Waals surface area contributed by atoms with Crippen molar-refractivity contribution in [3.8, 4) is 12.0 Å². The van der Waals surface area contributed by atoms with E-state index in [9.17, 15) is 9.59 Å². The fourth-order valence-electron chi connectivity index (χ4n) is 1.85. The van der Waals surface area contributed by atoms with E-state index in [0.29, 0.717) is 12.0 Å². The molecule has 1 aromatic rings. The Bertz CT molecular complexity index is 579. The second-order valence-corrected chi connectivity index (χ2v) is 4.43. The van der Waals surface area contributed by atoms with Gasteiger partial charge in [-0.05, 0) is 29.7 Å². The number of rotatable bonds is 1. The molecule has 0 saturated heterocycles. The number of anilines is 1. The number of likely N-dealkylation sites (N-methyl/N-ethyl adjacent to an activating group) is 1. The second-order valence-electron chi connectivity index (χ2n) is 4.43. The fraction of sp³-hybridized carbons (Fsp3) is 0.286. The average Bonchev–Trinajstić information content (AvgIpc) is 2.61. The number of ketones is 1. The van der Waals surface area contributed by atoms with E-state index in [2.05, 4.69) is 12.0 Å². The first-order chi connectivity index (χ1) is 8.49. The summed E-state index contributed by atoms with van der Waals surface area (Å²) in [6.45, 7) is 0. The number of carbonyl (C=O) groups excluding carboxylic acids is 2. The van der Waals surface area contributed by atoms with Gasteiger partial charge in [0.05, 0.1) is 6.42 Å². The van der Waals surface area contributed by atoms with Gasteiger partial charge in [0.15, 0.2) is 0 Å². The van der Waals surface area contributed by atoms with Crippen LogP contribution in [0.2, 0.25) is 0 Å². The normalized spacial score (nSPS) is 12.8. The summed E-state index contributed by atoms with van der Waals surface area (Å²) in [5.74, 6) is 2.37. The van der Waals surface area contributed by atoms with Gasteiger partial charge in [-0.25, -0.2) is 0 Å². The molecule has 0 radical (unpaired) electrons. The summed E-state index contributed by atoms with van der Waals surface area (Å²) in [6.07, 6.45) is 0.355. The Morgan fingerprint density at radius 1 is 1.39 bits per heavy atom. The monoisotopic (exact) mass is 242 g/mol. The molecule has 0 aromatic heterocycles. The standard InChI is InChI=1S/C14H14N2O2/c1-15(2)7-6-13(17)10-4-5-12-11(8-10)9-14(18)16(12)3/h4-5,8H,9H2,1-3H3.